The molecule has 4 radical (unpaired) electrons. The Morgan fingerprint density at radius 2 is 0.861 bits per heavy atom. The molecule has 0 aliphatic rings. The van der Waals surface area contributed by atoms with E-state index in [1.165, 1.54) is 43.1 Å². The summed E-state index contributed by atoms with van der Waals surface area (Å²) in [5.74, 6) is 7.23. The van der Waals surface area contributed by atoms with Crippen LogP contribution >= 0.6 is 0 Å². The second-order valence-electron chi connectivity index (χ2n) is 11.5. The maximum Gasteiger partial charge on any atom is 0.154 e. The Hall–Kier alpha value is -3.31. The molecule has 0 spiro atoms. The summed E-state index contributed by atoms with van der Waals surface area (Å²) in [6.07, 6.45) is 0. The van der Waals surface area contributed by atoms with Gasteiger partial charge < -0.3 is 0 Å². The van der Waals surface area contributed by atoms with Gasteiger partial charge in [0.15, 0.2) is 19.0 Å². The summed E-state index contributed by atoms with van der Waals surface area (Å²) in [5.41, 5.74) is 9.30. The molecule has 0 N–H and O–H groups in total. The number of fused-ring (bicyclic) bond motifs is 4. The van der Waals surface area contributed by atoms with E-state index in [1.54, 1.807) is 0 Å². The van der Waals surface area contributed by atoms with E-state index in [0.29, 0.717) is 19.0 Å². The number of rotatable bonds is 0. The standard InChI is InChI=1S/C34H30Si2/c1-33(2,3)35-17-15-29-27-13-9-10-14-28(27)30(16-18-36-34(4,5)6)32-22-26-20-24-12-8-7-11-23(24)19-25(26)21-31(29)32/h7-14,19-22H,1-6H3. The van der Waals surface area contributed by atoms with Crippen molar-refractivity contribution in [3.05, 3.63) is 83.9 Å². The number of hydrogen-bond acceptors (Lipinski definition) is 0. The van der Waals surface area contributed by atoms with E-state index < -0.39 is 0 Å². The lowest BCUT2D eigenvalue weighted by molar-refractivity contribution is 0.760. The number of hydrogen-bond donors (Lipinski definition) is 0. The third kappa shape index (κ3) is 5.12. The first kappa shape index (κ1) is 24.4. The topological polar surface area (TPSA) is 0 Å². The number of benzene rings is 5. The molecule has 0 unspecified atom stereocenters. The van der Waals surface area contributed by atoms with Gasteiger partial charge in [0.25, 0.3) is 0 Å². The fourth-order valence-corrected chi connectivity index (χ4v) is 5.57. The third-order valence-corrected chi connectivity index (χ3v) is 8.10. The molecule has 36 heavy (non-hydrogen) atoms. The molecule has 0 amide bonds. The van der Waals surface area contributed by atoms with Crippen molar-refractivity contribution in [2.24, 2.45) is 0 Å². The van der Waals surface area contributed by atoms with E-state index in [-0.39, 0.29) is 10.1 Å². The summed E-state index contributed by atoms with van der Waals surface area (Å²) in [4.78, 5) is 0. The zero-order valence-electron chi connectivity index (χ0n) is 21.9. The molecule has 0 heterocycles. The molecule has 0 aromatic heterocycles. The van der Waals surface area contributed by atoms with Crippen molar-refractivity contribution in [2.45, 2.75) is 51.6 Å². The fourth-order valence-electron chi connectivity index (χ4n) is 4.45. The summed E-state index contributed by atoms with van der Waals surface area (Å²) >= 11 is 0. The highest BCUT2D eigenvalue weighted by molar-refractivity contribution is 6.50. The Morgan fingerprint density at radius 1 is 0.472 bits per heavy atom. The van der Waals surface area contributed by atoms with E-state index in [2.05, 4.69) is 137 Å². The lowest BCUT2D eigenvalue weighted by atomic mass is 9.90. The Balaban J connectivity index is 1.88. The maximum atomic E-state index is 3.61. The third-order valence-electron chi connectivity index (χ3n) is 6.10. The highest BCUT2D eigenvalue weighted by Gasteiger charge is 2.15. The van der Waals surface area contributed by atoms with Crippen LogP contribution in [0.4, 0.5) is 0 Å². The van der Waals surface area contributed by atoms with Gasteiger partial charge in [0.05, 0.1) is 0 Å². The van der Waals surface area contributed by atoms with Crippen LogP contribution in [0.15, 0.2) is 72.8 Å². The SMILES string of the molecule is CC(C)(C)[Si]C#Cc1c2ccccc2c(C#C[Si]C(C)(C)C)c2cc3cc4ccccc4cc3cc12. The maximum absolute atomic E-state index is 3.61. The molecule has 0 bridgehead atoms. The molecule has 5 aromatic carbocycles. The quantitative estimate of drug-likeness (QED) is 0.115. The summed E-state index contributed by atoms with van der Waals surface area (Å²) in [5, 5.41) is 10.2. The van der Waals surface area contributed by atoms with Gasteiger partial charge in [-0.2, -0.15) is 0 Å². The van der Waals surface area contributed by atoms with Crippen LogP contribution < -0.4 is 0 Å². The van der Waals surface area contributed by atoms with Crippen molar-refractivity contribution in [3.63, 3.8) is 0 Å². The van der Waals surface area contributed by atoms with Gasteiger partial charge in [-0.25, -0.2) is 0 Å². The van der Waals surface area contributed by atoms with Crippen LogP contribution in [0, 0.1) is 22.9 Å². The van der Waals surface area contributed by atoms with E-state index in [1.807, 2.05) is 0 Å². The highest BCUT2D eigenvalue weighted by Crippen LogP contribution is 2.36. The molecular weight excluding hydrogens is 465 g/mol. The van der Waals surface area contributed by atoms with E-state index in [4.69, 9.17) is 0 Å². The van der Waals surface area contributed by atoms with Crippen LogP contribution in [-0.4, -0.2) is 19.0 Å². The van der Waals surface area contributed by atoms with Gasteiger partial charge in [-0.1, -0.05) is 102 Å². The first-order valence-corrected chi connectivity index (χ1v) is 14.5. The van der Waals surface area contributed by atoms with Crippen LogP contribution in [0.25, 0.3) is 43.1 Å². The van der Waals surface area contributed by atoms with Crippen LogP contribution in [0.2, 0.25) is 10.1 Å². The molecule has 0 nitrogen and oxygen atoms in total. The largest absolute Gasteiger partial charge is 0.154 e. The van der Waals surface area contributed by atoms with Crippen molar-refractivity contribution in [1.82, 2.24) is 0 Å². The Kier molecular flexibility index (Phi) is 6.29. The molecule has 2 heteroatoms. The molecule has 0 saturated carbocycles. The molecule has 0 aliphatic heterocycles. The lowest BCUT2D eigenvalue weighted by Gasteiger charge is -2.14. The highest BCUT2D eigenvalue weighted by atomic mass is 28.2. The Bertz CT molecular complexity index is 1620. The van der Waals surface area contributed by atoms with Gasteiger partial charge in [0.1, 0.15) is 0 Å². The summed E-state index contributed by atoms with van der Waals surface area (Å²) in [6.45, 7) is 13.5. The van der Waals surface area contributed by atoms with Crippen molar-refractivity contribution < 1.29 is 0 Å². The van der Waals surface area contributed by atoms with E-state index in [9.17, 15) is 0 Å². The Morgan fingerprint density at radius 3 is 1.25 bits per heavy atom. The second-order valence-corrected chi connectivity index (χ2v) is 15.5. The summed E-state index contributed by atoms with van der Waals surface area (Å²) in [7, 11) is 1.16. The molecule has 0 atom stereocenters. The first-order chi connectivity index (χ1) is 17.1. The fraction of sp³-hybridized carbons (Fsp3) is 0.235. The van der Waals surface area contributed by atoms with Crippen molar-refractivity contribution in [2.75, 3.05) is 0 Å². The monoisotopic (exact) mass is 494 g/mol. The Labute approximate surface area is 220 Å². The van der Waals surface area contributed by atoms with Crippen LogP contribution in [0.5, 0.6) is 0 Å². The van der Waals surface area contributed by atoms with Gasteiger partial charge in [0, 0.05) is 11.1 Å². The van der Waals surface area contributed by atoms with Crippen LogP contribution in [0.3, 0.4) is 0 Å². The first-order valence-electron chi connectivity index (χ1n) is 12.5. The van der Waals surface area contributed by atoms with Gasteiger partial charge >= 0.3 is 0 Å². The van der Waals surface area contributed by atoms with Gasteiger partial charge in [-0.15, -0.1) is 11.1 Å². The van der Waals surface area contributed by atoms with E-state index in [0.717, 1.165) is 11.1 Å². The smallest absolute Gasteiger partial charge is 0.130 e. The minimum absolute atomic E-state index is 0.198. The van der Waals surface area contributed by atoms with Crippen LogP contribution in [-0.2, 0) is 0 Å². The molecule has 5 rings (SSSR count). The zero-order valence-corrected chi connectivity index (χ0v) is 23.9. The molecule has 0 saturated heterocycles. The molecule has 5 aromatic rings. The normalized spacial score (nSPS) is 11.9. The van der Waals surface area contributed by atoms with Gasteiger partial charge in [0.2, 0.25) is 0 Å². The van der Waals surface area contributed by atoms with Gasteiger partial charge in [-0.3, -0.25) is 0 Å². The molecule has 174 valence electrons. The minimum Gasteiger partial charge on any atom is -0.130 e. The van der Waals surface area contributed by atoms with Crippen molar-refractivity contribution >= 4 is 62.1 Å². The zero-order chi connectivity index (χ0) is 25.5. The van der Waals surface area contributed by atoms with Gasteiger partial charge in [-0.05, 0) is 77.4 Å². The van der Waals surface area contributed by atoms with Crippen LogP contribution in [0.1, 0.15) is 52.7 Å². The summed E-state index contributed by atoms with van der Waals surface area (Å²) in [6, 6.07) is 26.5. The lowest BCUT2D eigenvalue weighted by Crippen LogP contribution is -2.05. The second kappa shape index (κ2) is 9.29. The summed E-state index contributed by atoms with van der Waals surface area (Å²) < 4.78 is 0. The minimum atomic E-state index is 0.198. The van der Waals surface area contributed by atoms with Crippen molar-refractivity contribution in [1.29, 1.82) is 0 Å². The van der Waals surface area contributed by atoms with Crippen molar-refractivity contribution in [3.8, 4) is 22.9 Å². The molecule has 0 fully saturated rings. The molecular formula is C34H30Si2. The average molecular weight is 495 g/mol. The predicted molar refractivity (Wildman–Crippen MR) is 161 cm³/mol. The predicted octanol–water partition coefficient (Wildman–Crippen LogP) is 8.76. The molecule has 0 aliphatic carbocycles. The van der Waals surface area contributed by atoms with E-state index >= 15 is 0 Å². The average Bonchev–Trinajstić information content (AvgIpc) is 2.81.